The molecule has 3 aliphatic rings. The first kappa shape index (κ1) is 48.0. The van der Waals surface area contributed by atoms with Gasteiger partial charge in [-0.1, -0.05) is 94.1 Å². The Hall–Kier alpha value is -4.03. The molecule has 5 rings (SSSR count). The minimum atomic E-state index is -1.55. The second kappa shape index (κ2) is 23.4. The van der Waals surface area contributed by atoms with Crippen molar-refractivity contribution < 1.29 is 63.6 Å². The SMILES string of the molecule is CCCCCC1(CCCCC)O[C@@H]2[C@@H](C=C(C(=O)N(C)[C@H](Cc3ccccc3)C(=O)NCCO)C[C@H]2OC(=O)c2ccc(C=CCO[C@H]3O[C@H](CO)[C@H](O)[C@H](O)[C@H]3O)cc2)O1. The number of aliphatic hydroxyl groups excluding tert-OH is 5. The maximum atomic E-state index is 14.4. The number of nitrogens with one attached hydrogen (secondary N) is 1. The molecule has 2 amide bonds. The van der Waals surface area contributed by atoms with Crippen LogP contribution in [-0.4, -0.2) is 142 Å². The molecule has 0 unspecified atom stereocenters. The summed E-state index contributed by atoms with van der Waals surface area (Å²) in [5.41, 5.74) is 2.18. The summed E-state index contributed by atoms with van der Waals surface area (Å²) >= 11 is 0. The van der Waals surface area contributed by atoms with Gasteiger partial charge in [0, 0.05) is 44.8 Å². The number of carbonyl (C=O) groups is 3. The normalized spacial score (nSPS) is 26.3. The molecule has 2 saturated heterocycles. The summed E-state index contributed by atoms with van der Waals surface area (Å²) in [7, 11) is 1.58. The number of aliphatic hydroxyl groups is 5. The summed E-state index contributed by atoms with van der Waals surface area (Å²) in [5.74, 6) is -2.34. The van der Waals surface area contributed by atoms with Crippen molar-refractivity contribution in [3.63, 3.8) is 0 Å². The Balaban J connectivity index is 1.33. The van der Waals surface area contributed by atoms with Gasteiger partial charge in [0.15, 0.2) is 12.1 Å². The molecule has 0 aromatic heterocycles. The lowest BCUT2D eigenvalue weighted by atomic mass is 9.90. The van der Waals surface area contributed by atoms with Gasteiger partial charge in [0.2, 0.25) is 11.8 Å². The van der Waals surface area contributed by atoms with Crippen molar-refractivity contribution in [2.75, 3.05) is 33.4 Å². The monoisotopic (exact) mass is 852 g/mol. The Bertz CT molecular complexity index is 1740. The molecule has 15 heteroatoms. The van der Waals surface area contributed by atoms with Gasteiger partial charge in [-0.05, 0) is 42.2 Å². The number of hydrogen-bond acceptors (Lipinski definition) is 13. The number of benzene rings is 2. The zero-order valence-corrected chi connectivity index (χ0v) is 35.5. The minimum absolute atomic E-state index is 0.0265. The van der Waals surface area contributed by atoms with Crippen LogP contribution in [0.1, 0.15) is 93.1 Å². The van der Waals surface area contributed by atoms with Crippen molar-refractivity contribution in [3.05, 3.63) is 89.0 Å². The second-order valence-electron chi connectivity index (χ2n) is 16.0. The third kappa shape index (κ3) is 12.8. The quantitative estimate of drug-likeness (QED) is 0.0743. The molecular formula is C46H64N2O13. The minimum Gasteiger partial charge on any atom is -0.456 e. The lowest BCUT2D eigenvalue weighted by Gasteiger charge is -2.39. The van der Waals surface area contributed by atoms with E-state index >= 15 is 0 Å². The topological polar surface area (TPSA) is 214 Å². The van der Waals surface area contributed by atoms with E-state index in [-0.39, 0.29) is 38.2 Å². The lowest BCUT2D eigenvalue weighted by molar-refractivity contribution is -0.298. The highest BCUT2D eigenvalue weighted by atomic mass is 16.8. The van der Waals surface area contributed by atoms with Crippen LogP contribution in [0.4, 0.5) is 0 Å². The number of rotatable bonds is 22. The number of carbonyl (C=O) groups excluding carboxylic acids is 3. The number of likely N-dealkylation sites (N-methyl/N-ethyl adjacent to an activating group) is 1. The van der Waals surface area contributed by atoms with Gasteiger partial charge in [-0.3, -0.25) is 9.59 Å². The van der Waals surface area contributed by atoms with Crippen molar-refractivity contribution in [1.29, 1.82) is 0 Å². The molecule has 0 saturated carbocycles. The molecule has 2 aromatic rings. The van der Waals surface area contributed by atoms with Gasteiger partial charge < -0.3 is 59.4 Å². The molecule has 0 bridgehead atoms. The summed E-state index contributed by atoms with van der Waals surface area (Å²) in [6, 6.07) is 15.1. The molecule has 2 fully saturated rings. The number of unbranched alkanes of at least 4 members (excludes halogenated alkanes) is 4. The van der Waals surface area contributed by atoms with Crippen LogP contribution in [0.3, 0.4) is 0 Å². The highest BCUT2D eigenvalue weighted by molar-refractivity contribution is 5.97. The van der Waals surface area contributed by atoms with Gasteiger partial charge >= 0.3 is 5.97 Å². The van der Waals surface area contributed by atoms with Gasteiger partial charge in [-0.15, -0.1) is 0 Å². The molecule has 15 nitrogen and oxygen atoms in total. The molecule has 336 valence electrons. The van der Waals surface area contributed by atoms with Gasteiger partial charge in [0.05, 0.1) is 25.4 Å². The standard InChI is InChI=1S/C46H64N2O13/c1-4-6-11-21-46(22-12-7-5-2)60-36-28-33(43(55)48(3)34(42(54)47-23-24-49)26-31-14-9-8-10-15-31)27-35(41(36)61-46)58-44(56)32-19-17-30(18-20-32)16-13-25-57-45-40(53)39(52)38(51)37(29-50)59-45/h8-10,13-20,28,34-41,45,49-53H,4-7,11-12,21-27,29H2,1-3H3,(H,47,54)/t34-,35-,36-,37-,38+,39+,40-,41+,45+/m1/s1. The zero-order chi connectivity index (χ0) is 43.9. The first-order chi connectivity index (χ1) is 29.4. The van der Waals surface area contributed by atoms with E-state index in [9.17, 15) is 39.9 Å². The zero-order valence-electron chi connectivity index (χ0n) is 35.5. The third-order valence-electron chi connectivity index (χ3n) is 11.5. The number of amides is 2. The van der Waals surface area contributed by atoms with Crippen LogP contribution < -0.4 is 5.32 Å². The molecular weight excluding hydrogens is 789 g/mol. The van der Waals surface area contributed by atoms with E-state index in [4.69, 9.17) is 23.7 Å². The number of fused-ring (bicyclic) bond motifs is 1. The van der Waals surface area contributed by atoms with E-state index in [1.165, 1.54) is 4.90 Å². The molecule has 0 radical (unpaired) electrons. The number of hydrogen-bond donors (Lipinski definition) is 6. The van der Waals surface area contributed by atoms with Crippen LogP contribution in [-0.2, 0) is 39.7 Å². The van der Waals surface area contributed by atoms with Crippen molar-refractivity contribution in [2.45, 2.75) is 139 Å². The first-order valence-corrected chi connectivity index (χ1v) is 21.6. The fourth-order valence-electron chi connectivity index (χ4n) is 7.97. The van der Waals surface area contributed by atoms with E-state index in [0.717, 1.165) is 49.7 Å². The average Bonchev–Trinajstić information content (AvgIpc) is 3.64. The van der Waals surface area contributed by atoms with E-state index in [1.54, 1.807) is 49.5 Å². The van der Waals surface area contributed by atoms with Gasteiger partial charge in [0.25, 0.3) is 0 Å². The van der Waals surface area contributed by atoms with Gasteiger partial charge in [-0.2, -0.15) is 0 Å². The van der Waals surface area contributed by atoms with Crippen LogP contribution in [0.25, 0.3) is 6.08 Å². The van der Waals surface area contributed by atoms with Crippen molar-refractivity contribution in [1.82, 2.24) is 10.2 Å². The maximum Gasteiger partial charge on any atom is 0.338 e. The lowest BCUT2D eigenvalue weighted by Crippen LogP contribution is -2.59. The summed E-state index contributed by atoms with van der Waals surface area (Å²) < 4.78 is 30.7. The highest BCUT2D eigenvalue weighted by Gasteiger charge is 2.53. The van der Waals surface area contributed by atoms with Gasteiger partial charge in [-0.25, -0.2) is 4.79 Å². The highest BCUT2D eigenvalue weighted by Crippen LogP contribution is 2.43. The Morgan fingerprint density at radius 3 is 2.25 bits per heavy atom. The van der Waals surface area contributed by atoms with Crippen LogP contribution in [0.5, 0.6) is 0 Å². The van der Waals surface area contributed by atoms with Crippen LogP contribution >= 0.6 is 0 Å². The van der Waals surface area contributed by atoms with Crippen molar-refractivity contribution in [3.8, 4) is 0 Å². The average molecular weight is 853 g/mol. The molecule has 1 aliphatic carbocycles. The van der Waals surface area contributed by atoms with E-state index in [1.807, 2.05) is 30.3 Å². The maximum absolute atomic E-state index is 14.4. The van der Waals surface area contributed by atoms with Crippen molar-refractivity contribution in [2.24, 2.45) is 0 Å². The van der Waals surface area contributed by atoms with Gasteiger partial charge in [0.1, 0.15) is 48.8 Å². The van der Waals surface area contributed by atoms with Crippen molar-refractivity contribution >= 4 is 23.9 Å². The predicted molar refractivity (Wildman–Crippen MR) is 225 cm³/mol. The number of esters is 1. The number of ether oxygens (including phenoxy) is 5. The summed E-state index contributed by atoms with van der Waals surface area (Å²) in [4.78, 5) is 43.1. The summed E-state index contributed by atoms with van der Waals surface area (Å²) in [5, 5.41) is 51.8. The Labute approximate surface area is 358 Å². The smallest absolute Gasteiger partial charge is 0.338 e. The molecule has 0 spiro atoms. The largest absolute Gasteiger partial charge is 0.456 e. The molecule has 2 aromatic carbocycles. The molecule has 2 aliphatic heterocycles. The van der Waals surface area contributed by atoms with E-state index < -0.39 is 85.2 Å². The Morgan fingerprint density at radius 1 is 0.918 bits per heavy atom. The summed E-state index contributed by atoms with van der Waals surface area (Å²) in [6.07, 6.45) is 3.39. The van der Waals surface area contributed by atoms with E-state index in [2.05, 4.69) is 19.2 Å². The van der Waals surface area contributed by atoms with Crippen LogP contribution in [0.2, 0.25) is 0 Å². The molecule has 61 heavy (non-hydrogen) atoms. The molecule has 9 atom stereocenters. The molecule has 2 heterocycles. The fourth-order valence-corrected chi connectivity index (χ4v) is 7.97. The predicted octanol–water partition coefficient (Wildman–Crippen LogP) is 3.19. The number of nitrogens with zero attached hydrogens (tertiary/aromatic N) is 1. The van der Waals surface area contributed by atoms with Crippen LogP contribution in [0, 0.1) is 0 Å². The first-order valence-electron chi connectivity index (χ1n) is 21.6. The Kier molecular flexibility index (Phi) is 18.4. The molecule has 6 N–H and O–H groups in total. The second-order valence-corrected chi connectivity index (χ2v) is 16.0. The third-order valence-corrected chi connectivity index (χ3v) is 11.5. The van der Waals surface area contributed by atoms with Crippen LogP contribution in [0.15, 0.2) is 72.3 Å². The Morgan fingerprint density at radius 2 is 1.61 bits per heavy atom. The fraction of sp³-hybridized carbons (Fsp3) is 0.587. The van der Waals surface area contributed by atoms with E-state index in [0.29, 0.717) is 18.4 Å². The summed E-state index contributed by atoms with van der Waals surface area (Å²) in [6.45, 7) is 3.46.